The van der Waals surface area contributed by atoms with Crippen molar-refractivity contribution in [3.05, 3.63) is 18.0 Å². The van der Waals surface area contributed by atoms with Crippen LogP contribution < -0.4 is 0 Å². The molecule has 0 N–H and O–H groups in total. The van der Waals surface area contributed by atoms with Crippen molar-refractivity contribution in [1.29, 1.82) is 0 Å². The van der Waals surface area contributed by atoms with Gasteiger partial charge in [-0.25, -0.2) is 0 Å². The number of hydrogen-bond acceptors (Lipinski definition) is 2. The highest BCUT2D eigenvalue weighted by Gasteiger charge is 1.78. The molecule has 0 saturated heterocycles. The third-order valence-corrected chi connectivity index (χ3v) is 0.567. The molecule has 0 atom stereocenters. The molecule has 1 rings (SSSR count). The summed E-state index contributed by atoms with van der Waals surface area (Å²) in [5, 5.41) is 3.54. The fraction of sp³-hybridized carbons (Fsp3) is 0.700. The van der Waals surface area contributed by atoms with Gasteiger partial charge in [0, 0.05) is 6.07 Å². The number of nitrogens with zero attached hydrogens (tertiary/aromatic N) is 1. The molecule has 0 unspecified atom stereocenters. The van der Waals surface area contributed by atoms with Crippen LogP contribution in [0.3, 0.4) is 0 Å². The summed E-state index contributed by atoms with van der Waals surface area (Å²) in [7, 11) is 0. The highest BCUT2D eigenvalue weighted by molar-refractivity contribution is 4.89. The van der Waals surface area contributed by atoms with Crippen LogP contribution in [0.4, 0.5) is 0 Å². The number of hydrogen-bond donors (Lipinski definition) is 0. The van der Waals surface area contributed by atoms with E-state index in [9.17, 15) is 0 Å². The molecule has 12 heavy (non-hydrogen) atoms. The molecule has 1 heterocycles. The minimum atomic E-state index is 0.833. The van der Waals surface area contributed by atoms with Crippen LogP contribution in [0.1, 0.15) is 40.3 Å². The molecule has 72 valence electrons. The Morgan fingerprint density at radius 2 is 1.67 bits per heavy atom. The zero-order valence-electron chi connectivity index (χ0n) is 9.09. The van der Waals surface area contributed by atoms with Gasteiger partial charge in [-0.3, -0.25) is 0 Å². The van der Waals surface area contributed by atoms with Gasteiger partial charge in [0.2, 0.25) is 0 Å². The Kier molecular flexibility index (Phi) is 11.7. The smallest absolute Gasteiger partial charge is 0.124 e. The minimum absolute atomic E-state index is 0.833. The van der Waals surface area contributed by atoms with E-state index < -0.39 is 0 Å². The van der Waals surface area contributed by atoms with Gasteiger partial charge >= 0.3 is 0 Å². The van der Waals surface area contributed by atoms with Crippen molar-refractivity contribution in [3.63, 3.8) is 0 Å². The second kappa shape index (κ2) is 10.2. The summed E-state index contributed by atoms with van der Waals surface area (Å²) in [5.41, 5.74) is 0.926. The predicted octanol–water partition coefficient (Wildman–Crippen LogP) is 3.67. The Bertz CT molecular complexity index is 142. The van der Waals surface area contributed by atoms with Gasteiger partial charge in [0.25, 0.3) is 0 Å². The molecule has 2 heteroatoms. The van der Waals surface area contributed by atoms with Crippen molar-refractivity contribution >= 4 is 0 Å². The molecule has 1 aromatic heterocycles. The number of aryl methyl sites for hydroxylation is 1. The van der Waals surface area contributed by atoms with Gasteiger partial charge in [0.15, 0.2) is 0 Å². The van der Waals surface area contributed by atoms with Crippen molar-refractivity contribution < 1.29 is 4.52 Å². The molecule has 0 aromatic carbocycles. The number of aromatic nitrogens is 1. The maximum atomic E-state index is 4.46. The predicted molar refractivity (Wildman–Crippen MR) is 53.1 cm³/mol. The molecule has 0 aliphatic heterocycles. The Labute approximate surface area is 76.0 Å². The van der Waals surface area contributed by atoms with Gasteiger partial charge in [0.1, 0.15) is 6.26 Å². The van der Waals surface area contributed by atoms with Gasteiger partial charge in [-0.2, -0.15) is 0 Å². The largest absolute Gasteiger partial charge is 0.365 e. The van der Waals surface area contributed by atoms with Crippen LogP contribution in [0.2, 0.25) is 0 Å². The highest BCUT2D eigenvalue weighted by atomic mass is 16.5. The summed E-state index contributed by atoms with van der Waals surface area (Å²) in [4.78, 5) is 0. The minimum Gasteiger partial charge on any atom is -0.365 e. The van der Waals surface area contributed by atoms with Crippen molar-refractivity contribution in [2.24, 2.45) is 5.92 Å². The molecule has 0 amide bonds. The maximum absolute atomic E-state index is 4.46. The van der Waals surface area contributed by atoms with Crippen molar-refractivity contribution in [3.8, 4) is 0 Å². The molecule has 0 radical (unpaired) electrons. The molecular weight excluding hydrogens is 150 g/mol. The lowest BCUT2D eigenvalue weighted by molar-refractivity contribution is 0.415. The summed E-state index contributed by atoms with van der Waals surface area (Å²) in [6.45, 7) is 12.4. The molecule has 2 nitrogen and oxygen atoms in total. The van der Waals surface area contributed by atoms with Gasteiger partial charge < -0.3 is 4.52 Å². The van der Waals surface area contributed by atoms with Gasteiger partial charge in [-0.15, -0.1) is 0 Å². The molecule has 0 aliphatic carbocycles. The first-order chi connectivity index (χ1) is 5.63. The molecule has 0 spiro atoms. The molecule has 0 bridgehead atoms. The summed E-state index contributed by atoms with van der Waals surface area (Å²) in [6.07, 6.45) is 1.55. The highest BCUT2D eigenvalue weighted by Crippen LogP contribution is 1.86. The normalized spacial score (nSPS) is 7.92. The van der Waals surface area contributed by atoms with Gasteiger partial charge in [-0.05, 0) is 12.8 Å². The first kappa shape index (κ1) is 13.8. The third-order valence-electron chi connectivity index (χ3n) is 0.567. The number of rotatable bonds is 0. The van der Waals surface area contributed by atoms with E-state index in [1.54, 1.807) is 12.3 Å². The molecule has 0 fully saturated rings. The van der Waals surface area contributed by atoms with Crippen LogP contribution in [0.15, 0.2) is 16.9 Å². The average Bonchev–Trinajstić information content (AvgIpc) is 2.43. The zero-order chi connectivity index (χ0) is 9.98. The lowest BCUT2D eigenvalue weighted by atomic mass is 10.3. The van der Waals surface area contributed by atoms with E-state index in [2.05, 4.69) is 30.5 Å². The summed E-state index contributed by atoms with van der Waals surface area (Å²) >= 11 is 0. The average molecular weight is 171 g/mol. The van der Waals surface area contributed by atoms with Crippen LogP contribution in [0.5, 0.6) is 0 Å². The lowest BCUT2D eigenvalue weighted by Crippen LogP contribution is -1.66. The standard InChI is InChI=1S/C4H5NO.C4H10.C2H6/c1-4-2-3-6-5-4;1-4(2)3;1-2/h2-3H,1H3;4H,1-3H3;1-2H3. The SMILES string of the molecule is CC.CC(C)C.Cc1ccon1. The van der Waals surface area contributed by atoms with Crippen LogP contribution >= 0.6 is 0 Å². The van der Waals surface area contributed by atoms with Crippen LogP contribution in [0.25, 0.3) is 0 Å². The van der Waals surface area contributed by atoms with E-state index in [0.29, 0.717) is 0 Å². The molecule has 0 aliphatic rings. The Hall–Kier alpha value is -0.790. The van der Waals surface area contributed by atoms with Crippen LogP contribution in [0, 0.1) is 12.8 Å². The van der Waals surface area contributed by atoms with E-state index in [1.807, 2.05) is 20.8 Å². The first-order valence-corrected chi connectivity index (χ1v) is 4.50. The zero-order valence-corrected chi connectivity index (χ0v) is 9.09. The van der Waals surface area contributed by atoms with Crippen molar-refractivity contribution in [2.45, 2.75) is 41.5 Å². The molecule has 1 aromatic rings. The first-order valence-electron chi connectivity index (χ1n) is 4.50. The lowest BCUT2D eigenvalue weighted by Gasteiger charge is -1.79. The fourth-order valence-electron chi connectivity index (χ4n) is 0.273. The fourth-order valence-corrected chi connectivity index (χ4v) is 0.273. The summed E-state index contributed by atoms with van der Waals surface area (Å²) in [5.74, 6) is 0.833. The van der Waals surface area contributed by atoms with E-state index >= 15 is 0 Å². The van der Waals surface area contributed by atoms with Gasteiger partial charge in [-0.1, -0.05) is 39.8 Å². The van der Waals surface area contributed by atoms with E-state index in [-0.39, 0.29) is 0 Å². The Balaban J connectivity index is 0. The third kappa shape index (κ3) is 16.1. The van der Waals surface area contributed by atoms with Crippen molar-refractivity contribution in [2.75, 3.05) is 0 Å². The summed E-state index contributed by atoms with van der Waals surface area (Å²) < 4.78 is 4.46. The van der Waals surface area contributed by atoms with Crippen LogP contribution in [-0.4, -0.2) is 5.16 Å². The van der Waals surface area contributed by atoms with Crippen LogP contribution in [-0.2, 0) is 0 Å². The molecular formula is C10H21NO. The summed E-state index contributed by atoms with van der Waals surface area (Å²) in [6, 6.07) is 1.81. The second-order valence-corrected chi connectivity index (χ2v) is 2.87. The molecule has 0 saturated carbocycles. The Morgan fingerprint density at radius 1 is 1.25 bits per heavy atom. The van der Waals surface area contributed by atoms with E-state index in [0.717, 1.165) is 11.6 Å². The second-order valence-electron chi connectivity index (χ2n) is 2.87. The Morgan fingerprint density at radius 3 is 1.75 bits per heavy atom. The van der Waals surface area contributed by atoms with Gasteiger partial charge in [0.05, 0.1) is 5.69 Å². The van der Waals surface area contributed by atoms with E-state index in [4.69, 9.17) is 0 Å². The monoisotopic (exact) mass is 171 g/mol. The quantitative estimate of drug-likeness (QED) is 0.595. The van der Waals surface area contributed by atoms with E-state index in [1.165, 1.54) is 0 Å². The maximum Gasteiger partial charge on any atom is 0.124 e. The topological polar surface area (TPSA) is 26.0 Å². The van der Waals surface area contributed by atoms with Crippen molar-refractivity contribution in [1.82, 2.24) is 5.16 Å².